The predicted molar refractivity (Wildman–Crippen MR) is 99.7 cm³/mol. The molecule has 0 aromatic heterocycles. The van der Waals surface area contributed by atoms with E-state index in [-0.39, 0.29) is 0 Å². The van der Waals surface area contributed by atoms with Crippen LogP contribution in [0.2, 0.25) is 0 Å². The lowest BCUT2D eigenvalue weighted by Crippen LogP contribution is -2.51. The maximum absolute atomic E-state index is 12.1. The SMILES string of the molecule is C=C(C)[C@H]1CCC2[C@@H]3CCC4CCC(=O)CC[C@]4(C)C3CC[C@@]21C. The highest BCUT2D eigenvalue weighted by Crippen LogP contribution is 2.67. The second-order valence-corrected chi connectivity index (χ2v) is 10.3. The Bertz CT molecular complexity index is 548. The van der Waals surface area contributed by atoms with Gasteiger partial charge in [-0.25, -0.2) is 0 Å². The molecule has 0 heterocycles. The van der Waals surface area contributed by atoms with Gasteiger partial charge in [-0.05, 0) is 98.7 Å². The summed E-state index contributed by atoms with van der Waals surface area (Å²) >= 11 is 0. The molecule has 4 aliphatic carbocycles. The lowest BCUT2D eigenvalue weighted by Gasteiger charge is -2.59. The number of fused-ring (bicyclic) bond motifs is 5. The molecule has 0 N–H and O–H groups in total. The van der Waals surface area contributed by atoms with Gasteiger partial charge in [0.2, 0.25) is 0 Å². The Morgan fingerprint density at radius 3 is 2.42 bits per heavy atom. The van der Waals surface area contributed by atoms with Gasteiger partial charge in [-0.2, -0.15) is 0 Å². The van der Waals surface area contributed by atoms with Gasteiger partial charge in [-0.15, -0.1) is 0 Å². The van der Waals surface area contributed by atoms with Gasteiger partial charge in [0.15, 0.2) is 0 Å². The quantitative estimate of drug-likeness (QED) is 0.525. The Labute approximate surface area is 148 Å². The number of ketones is 1. The van der Waals surface area contributed by atoms with Crippen LogP contribution in [0.1, 0.15) is 85.0 Å². The highest BCUT2D eigenvalue weighted by molar-refractivity contribution is 5.78. The average molecular weight is 329 g/mol. The number of allylic oxidation sites excluding steroid dienone is 1. The molecule has 0 spiro atoms. The minimum absolute atomic E-state index is 0.442. The van der Waals surface area contributed by atoms with Crippen LogP contribution < -0.4 is 0 Å². The van der Waals surface area contributed by atoms with Crippen molar-refractivity contribution in [2.24, 2.45) is 40.4 Å². The summed E-state index contributed by atoms with van der Waals surface area (Å²) in [7, 11) is 0. The fraction of sp³-hybridized carbons (Fsp3) is 0.870. The molecule has 0 aromatic rings. The summed E-state index contributed by atoms with van der Waals surface area (Å²) in [5.41, 5.74) is 2.38. The minimum Gasteiger partial charge on any atom is -0.300 e. The van der Waals surface area contributed by atoms with Crippen LogP contribution in [0.3, 0.4) is 0 Å². The summed E-state index contributed by atoms with van der Waals surface area (Å²) in [5, 5.41) is 0. The molecule has 0 radical (unpaired) electrons. The fourth-order valence-corrected chi connectivity index (χ4v) is 8.08. The first kappa shape index (κ1) is 16.9. The Morgan fingerprint density at radius 2 is 1.67 bits per heavy atom. The van der Waals surface area contributed by atoms with E-state index in [1.54, 1.807) is 0 Å². The highest BCUT2D eigenvalue weighted by Gasteiger charge is 2.59. The summed E-state index contributed by atoms with van der Waals surface area (Å²) in [6, 6.07) is 0. The third-order valence-corrected chi connectivity index (χ3v) is 9.37. The van der Waals surface area contributed by atoms with E-state index in [0.717, 1.165) is 42.4 Å². The number of hydrogen-bond acceptors (Lipinski definition) is 1. The molecule has 1 nitrogen and oxygen atoms in total. The maximum atomic E-state index is 12.1. The molecule has 4 fully saturated rings. The lowest BCUT2D eigenvalue weighted by molar-refractivity contribution is -0.119. The summed E-state index contributed by atoms with van der Waals surface area (Å²) in [6.07, 6.45) is 12.5. The molecule has 1 heteroatoms. The summed E-state index contributed by atoms with van der Waals surface area (Å²) in [5.74, 6) is 4.81. The number of rotatable bonds is 1. The van der Waals surface area contributed by atoms with Gasteiger partial charge in [0.1, 0.15) is 5.78 Å². The van der Waals surface area contributed by atoms with Crippen molar-refractivity contribution in [3.63, 3.8) is 0 Å². The van der Waals surface area contributed by atoms with Crippen LogP contribution >= 0.6 is 0 Å². The third-order valence-electron chi connectivity index (χ3n) is 9.37. The molecule has 4 rings (SSSR count). The first-order valence-corrected chi connectivity index (χ1v) is 10.5. The molecule has 0 aromatic carbocycles. The van der Waals surface area contributed by atoms with Gasteiger partial charge < -0.3 is 0 Å². The molecular weight excluding hydrogens is 292 g/mol. The molecule has 0 bridgehead atoms. The Hall–Kier alpha value is -0.590. The van der Waals surface area contributed by atoms with Crippen molar-refractivity contribution in [1.29, 1.82) is 0 Å². The average Bonchev–Trinajstić information content (AvgIpc) is 2.81. The number of carbonyl (C=O) groups excluding carboxylic acids is 1. The molecule has 134 valence electrons. The fourth-order valence-electron chi connectivity index (χ4n) is 8.08. The Kier molecular flexibility index (Phi) is 4.01. The second kappa shape index (κ2) is 5.71. The molecule has 0 saturated heterocycles. The van der Waals surface area contributed by atoms with Crippen molar-refractivity contribution in [2.45, 2.75) is 85.0 Å². The molecule has 24 heavy (non-hydrogen) atoms. The van der Waals surface area contributed by atoms with Crippen molar-refractivity contribution in [2.75, 3.05) is 0 Å². The molecule has 0 aliphatic heterocycles. The van der Waals surface area contributed by atoms with Gasteiger partial charge in [0.05, 0.1) is 0 Å². The predicted octanol–water partition coefficient (Wildman–Crippen LogP) is 6.18. The molecule has 3 unspecified atom stereocenters. The Morgan fingerprint density at radius 1 is 0.917 bits per heavy atom. The van der Waals surface area contributed by atoms with Gasteiger partial charge in [-0.1, -0.05) is 26.0 Å². The topological polar surface area (TPSA) is 17.1 Å². The minimum atomic E-state index is 0.442. The first-order chi connectivity index (χ1) is 11.4. The zero-order valence-corrected chi connectivity index (χ0v) is 16.1. The van der Waals surface area contributed by atoms with Crippen molar-refractivity contribution in [1.82, 2.24) is 0 Å². The van der Waals surface area contributed by atoms with E-state index in [9.17, 15) is 4.79 Å². The van der Waals surface area contributed by atoms with Crippen LogP contribution in [-0.2, 0) is 4.79 Å². The lowest BCUT2D eigenvalue weighted by atomic mass is 9.46. The van der Waals surface area contributed by atoms with Gasteiger partial charge in [0, 0.05) is 12.8 Å². The monoisotopic (exact) mass is 328 g/mol. The van der Waals surface area contributed by atoms with Crippen LogP contribution in [0.15, 0.2) is 12.2 Å². The van der Waals surface area contributed by atoms with Gasteiger partial charge in [-0.3, -0.25) is 4.79 Å². The van der Waals surface area contributed by atoms with Crippen LogP contribution in [0, 0.1) is 40.4 Å². The number of carbonyl (C=O) groups is 1. The first-order valence-electron chi connectivity index (χ1n) is 10.5. The zero-order valence-electron chi connectivity index (χ0n) is 16.1. The molecule has 0 amide bonds. The van der Waals surface area contributed by atoms with E-state index in [4.69, 9.17) is 0 Å². The van der Waals surface area contributed by atoms with Crippen LogP contribution in [0.25, 0.3) is 0 Å². The van der Waals surface area contributed by atoms with Crippen molar-refractivity contribution < 1.29 is 4.79 Å². The smallest absolute Gasteiger partial charge is 0.132 e. The molecule has 7 atom stereocenters. The van der Waals surface area contributed by atoms with E-state index in [1.807, 2.05) is 0 Å². The summed E-state index contributed by atoms with van der Waals surface area (Å²) < 4.78 is 0. The van der Waals surface area contributed by atoms with Crippen molar-refractivity contribution >= 4 is 5.78 Å². The van der Waals surface area contributed by atoms with Gasteiger partial charge >= 0.3 is 0 Å². The normalized spacial score (nSPS) is 51.3. The largest absolute Gasteiger partial charge is 0.300 e. The molecule has 4 saturated carbocycles. The molecular formula is C23H36O. The number of Topliss-reactive ketones (excluding diaryl/α,β-unsaturated/α-hetero) is 1. The second-order valence-electron chi connectivity index (χ2n) is 10.3. The molecule has 4 aliphatic rings. The number of hydrogen-bond donors (Lipinski definition) is 0. The van der Waals surface area contributed by atoms with Crippen LogP contribution in [-0.4, -0.2) is 5.78 Å². The van der Waals surface area contributed by atoms with Crippen LogP contribution in [0.5, 0.6) is 0 Å². The van der Waals surface area contributed by atoms with Gasteiger partial charge in [0.25, 0.3) is 0 Å². The van der Waals surface area contributed by atoms with E-state index in [2.05, 4.69) is 27.4 Å². The van der Waals surface area contributed by atoms with Crippen molar-refractivity contribution in [3.05, 3.63) is 12.2 Å². The summed E-state index contributed by atoms with van der Waals surface area (Å²) in [6.45, 7) is 11.8. The Balaban J connectivity index is 1.63. The zero-order chi connectivity index (χ0) is 17.1. The van der Waals surface area contributed by atoms with Crippen LogP contribution in [0.4, 0.5) is 0 Å². The maximum Gasteiger partial charge on any atom is 0.132 e. The summed E-state index contributed by atoms with van der Waals surface area (Å²) in [4.78, 5) is 12.1. The van der Waals surface area contributed by atoms with E-state index in [0.29, 0.717) is 16.6 Å². The van der Waals surface area contributed by atoms with E-state index in [1.165, 1.54) is 56.9 Å². The third kappa shape index (κ3) is 2.29. The van der Waals surface area contributed by atoms with Crippen molar-refractivity contribution in [3.8, 4) is 0 Å². The van der Waals surface area contributed by atoms with E-state index < -0.39 is 0 Å². The van der Waals surface area contributed by atoms with E-state index >= 15 is 0 Å². The highest BCUT2D eigenvalue weighted by atomic mass is 16.1. The standard InChI is InChI=1S/C23H36O/c1-15(2)19-9-10-20-18-8-6-16-5-7-17(24)11-13-22(16,3)21(18)12-14-23(19,20)4/h16,18-21H,1,5-14H2,2-4H3/t16?,18-,19+,20?,21?,22-,23+/m0/s1.